The van der Waals surface area contributed by atoms with Crippen molar-refractivity contribution < 1.29 is 33.8 Å². The van der Waals surface area contributed by atoms with Crippen molar-refractivity contribution in [2.75, 3.05) is 7.11 Å². The summed E-state index contributed by atoms with van der Waals surface area (Å²) in [6.45, 7) is 5.15. The van der Waals surface area contributed by atoms with Crippen LogP contribution in [0.1, 0.15) is 43.1 Å². The van der Waals surface area contributed by atoms with E-state index in [0.717, 1.165) is 0 Å². The second-order valence-electron chi connectivity index (χ2n) is 7.68. The number of hydrogen-bond acceptors (Lipinski definition) is 7. The summed E-state index contributed by atoms with van der Waals surface area (Å²) in [6.07, 6.45) is 0.633. The van der Waals surface area contributed by atoms with Gasteiger partial charge in [-0.25, -0.2) is 4.79 Å². The van der Waals surface area contributed by atoms with Gasteiger partial charge in [-0.3, -0.25) is 4.79 Å². The van der Waals surface area contributed by atoms with Crippen molar-refractivity contribution >= 4 is 52.2 Å². The zero-order valence-corrected chi connectivity index (χ0v) is 22.8. The highest BCUT2D eigenvalue weighted by Crippen LogP contribution is 2.42. The third-order valence-electron chi connectivity index (χ3n) is 5.20. The van der Waals surface area contributed by atoms with E-state index < -0.39 is 31.7 Å². The number of phenolic OH excluding ortho intramolecular Hbond substituents is 1. The largest absolute Gasteiger partial charge is 0.507 e. The average molecular weight is 607 g/mol. The molecule has 0 aliphatic rings. The molecule has 8 nitrogen and oxygen atoms in total. The smallest absolute Gasteiger partial charge is 0.328 e. The number of amides is 1. The van der Waals surface area contributed by atoms with Crippen LogP contribution in [0.3, 0.4) is 0 Å². The molecule has 0 aromatic heterocycles. The van der Waals surface area contributed by atoms with Crippen LogP contribution in [0.4, 0.5) is 0 Å². The Morgan fingerprint density at radius 2 is 1.82 bits per heavy atom. The highest BCUT2D eigenvalue weighted by atomic mass is 79.9. The number of aliphatic hydroxyl groups is 1. The maximum absolute atomic E-state index is 12.8. The second kappa shape index (κ2) is 11.5. The molecule has 0 bridgehead atoms. The summed E-state index contributed by atoms with van der Waals surface area (Å²) in [7, 11) is -0.232. The Bertz CT molecular complexity index is 1040. The molecule has 0 saturated carbocycles. The number of esters is 1. The van der Waals surface area contributed by atoms with E-state index in [2.05, 4.69) is 37.2 Å². The molecule has 2 aromatic carbocycles. The third kappa shape index (κ3) is 6.59. The van der Waals surface area contributed by atoms with E-state index in [9.17, 15) is 24.4 Å². The van der Waals surface area contributed by atoms with Gasteiger partial charge in [0.05, 0.1) is 30.1 Å². The maximum atomic E-state index is 12.8. The molecule has 0 saturated heterocycles. The molecule has 11 heteroatoms. The number of aromatic hydroxyl groups is 1. The fourth-order valence-corrected chi connectivity index (χ4v) is 4.56. The highest BCUT2D eigenvalue weighted by Gasteiger charge is 2.28. The van der Waals surface area contributed by atoms with Crippen LogP contribution in [-0.4, -0.2) is 35.2 Å². The predicted octanol–water partition coefficient (Wildman–Crippen LogP) is 4.95. The van der Waals surface area contributed by atoms with E-state index in [-0.39, 0.29) is 23.0 Å². The van der Waals surface area contributed by atoms with Gasteiger partial charge in [-0.2, -0.15) is 0 Å². The zero-order valence-electron chi connectivity index (χ0n) is 18.5. The van der Waals surface area contributed by atoms with Crippen molar-refractivity contribution in [3.05, 3.63) is 50.4 Å². The van der Waals surface area contributed by atoms with Gasteiger partial charge in [-0.1, -0.05) is 20.3 Å². The van der Waals surface area contributed by atoms with E-state index in [0.29, 0.717) is 26.7 Å². The number of hydrogen-bond donors (Lipinski definition) is 3. The van der Waals surface area contributed by atoms with Crippen molar-refractivity contribution in [1.29, 1.82) is 0 Å². The zero-order chi connectivity index (χ0) is 24.9. The fourth-order valence-electron chi connectivity index (χ4n) is 2.91. The van der Waals surface area contributed by atoms with Crippen molar-refractivity contribution in [2.24, 2.45) is 5.92 Å². The second-order valence-corrected chi connectivity index (χ2v) is 10.7. The highest BCUT2D eigenvalue weighted by molar-refractivity contribution is 9.11. The standard InChI is InChI=1S/C22H26Br2NO7P/c1-5-11(2)18(21(28)31-4)25-20(27)14-10-13(6-7-17(14)26)32-19-15(23)8-12(9-16(19)24)22(3,29)33-30/h6-11,18,26,29H,5,33H2,1-4H3,(H,25,27). The number of methoxy groups -OCH3 is 1. The van der Waals surface area contributed by atoms with Crippen LogP contribution in [0.5, 0.6) is 17.2 Å². The first-order valence-corrected chi connectivity index (χ1v) is 12.7. The van der Waals surface area contributed by atoms with E-state index in [1.54, 1.807) is 12.1 Å². The Kier molecular flexibility index (Phi) is 9.55. The Balaban J connectivity index is 2.35. The molecule has 1 amide bonds. The number of carbonyl (C=O) groups is 2. The molecule has 0 spiro atoms. The molecule has 180 valence electrons. The number of phenols is 1. The van der Waals surface area contributed by atoms with E-state index in [1.807, 2.05) is 13.8 Å². The predicted molar refractivity (Wildman–Crippen MR) is 133 cm³/mol. The number of rotatable bonds is 9. The lowest BCUT2D eigenvalue weighted by Crippen LogP contribution is -2.45. The Hall–Kier alpha value is -1.87. The lowest BCUT2D eigenvalue weighted by atomic mass is 9.98. The Labute approximate surface area is 210 Å². The lowest BCUT2D eigenvalue weighted by Gasteiger charge is -2.22. The van der Waals surface area contributed by atoms with Crippen molar-refractivity contribution in [3.8, 4) is 17.2 Å². The molecule has 0 fully saturated rings. The van der Waals surface area contributed by atoms with Gasteiger partial charge in [0.15, 0.2) is 5.75 Å². The minimum atomic E-state index is -1.48. The first kappa shape index (κ1) is 27.4. The minimum Gasteiger partial charge on any atom is -0.507 e. The Morgan fingerprint density at radius 3 is 2.33 bits per heavy atom. The number of carbonyl (C=O) groups excluding carboxylic acids is 2. The number of nitrogens with one attached hydrogen (secondary N) is 1. The summed E-state index contributed by atoms with van der Waals surface area (Å²) < 4.78 is 23.0. The number of benzene rings is 2. The third-order valence-corrected chi connectivity index (χ3v) is 7.17. The summed E-state index contributed by atoms with van der Waals surface area (Å²) in [5.74, 6) is -1.10. The van der Waals surface area contributed by atoms with Gasteiger partial charge in [0.2, 0.25) is 0 Å². The molecular formula is C22H26Br2NO7P. The van der Waals surface area contributed by atoms with E-state index in [1.165, 1.54) is 32.2 Å². The van der Waals surface area contributed by atoms with Crippen LogP contribution in [0.25, 0.3) is 0 Å². The van der Waals surface area contributed by atoms with Gasteiger partial charge in [-0.05, 0) is 80.6 Å². The van der Waals surface area contributed by atoms with Crippen molar-refractivity contribution in [1.82, 2.24) is 5.32 Å². The quantitative estimate of drug-likeness (QED) is 0.273. The lowest BCUT2D eigenvalue weighted by molar-refractivity contribution is -0.144. The summed E-state index contributed by atoms with van der Waals surface area (Å²) in [5, 5.41) is 21.7. The van der Waals surface area contributed by atoms with Gasteiger partial charge in [0.25, 0.3) is 5.91 Å². The minimum absolute atomic E-state index is 0.0774. The van der Waals surface area contributed by atoms with Crippen LogP contribution < -0.4 is 10.1 Å². The molecule has 4 atom stereocenters. The maximum Gasteiger partial charge on any atom is 0.328 e. The molecule has 3 N–H and O–H groups in total. The molecule has 33 heavy (non-hydrogen) atoms. The first-order chi connectivity index (χ1) is 15.4. The summed E-state index contributed by atoms with van der Waals surface area (Å²) in [4.78, 5) is 24.9. The van der Waals surface area contributed by atoms with Crippen LogP contribution in [0.15, 0.2) is 39.3 Å². The van der Waals surface area contributed by atoms with Crippen LogP contribution in [-0.2, 0) is 19.4 Å². The van der Waals surface area contributed by atoms with Gasteiger partial charge in [-0.15, -0.1) is 0 Å². The van der Waals surface area contributed by atoms with Gasteiger partial charge in [0.1, 0.15) is 22.9 Å². The summed E-state index contributed by atoms with van der Waals surface area (Å²) in [6, 6.07) is 6.44. The normalized spacial score (nSPS) is 15.0. The molecule has 4 unspecified atom stereocenters. The van der Waals surface area contributed by atoms with Gasteiger partial charge < -0.3 is 29.6 Å². The molecule has 0 radical (unpaired) electrons. The topological polar surface area (TPSA) is 122 Å². The number of halogens is 2. The molecule has 2 aromatic rings. The molecular weight excluding hydrogens is 581 g/mol. The van der Waals surface area contributed by atoms with Crippen LogP contribution in [0.2, 0.25) is 0 Å². The monoisotopic (exact) mass is 605 g/mol. The SMILES string of the molecule is CCC(C)C(NC(=O)c1cc(Oc2c(Br)cc(C(C)(O)[PH2]=O)cc2Br)ccc1O)C(=O)OC. The molecule has 2 rings (SSSR count). The van der Waals surface area contributed by atoms with Crippen molar-refractivity contribution in [2.45, 2.75) is 38.6 Å². The van der Waals surface area contributed by atoms with Crippen molar-refractivity contribution in [3.63, 3.8) is 0 Å². The Morgan fingerprint density at radius 1 is 1.21 bits per heavy atom. The fraction of sp³-hybridized carbons (Fsp3) is 0.364. The number of ether oxygens (including phenoxy) is 2. The van der Waals surface area contributed by atoms with Crippen LogP contribution in [0, 0.1) is 5.92 Å². The summed E-state index contributed by atoms with van der Waals surface area (Å²) in [5.41, 5.74) is 0.356. The van der Waals surface area contributed by atoms with Gasteiger partial charge in [0, 0.05) is 0 Å². The van der Waals surface area contributed by atoms with Crippen LogP contribution >= 0.6 is 40.3 Å². The van der Waals surface area contributed by atoms with E-state index >= 15 is 0 Å². The van der Waals surface area contributed by atoms with Gasteiger partial charge >= 0.3 is 5.97 Å². The molecule has 0 aliphatic heterocycles. The summed E-state index contributed by atoms with van der Waals surface area (Å²) >= 11 is 6.76. The molecule has 0 aliphatic carbocycles. The van der Waals surface area contributed by atoms with E-state index in [4.69, 9.17) is 9.47 Å². The first-order valence-electron chi connectivity index (χ1n) is 10.0. The molecule has 0 heterocycles. The average Bonchev–Trinajstić information content (AvgIpc) is 2.79.